The van der Waals surface area contributed by atoms with E-state index in [-0.39, 0.29) is 0 Å². The number of aromatic nitrogens is 2. The maximum Gasteiger partial charge on any atom is 0.189 e. The van der Waals surface area contributed by atoms with Crippen LogP contribution in [0.4, 0.5) is 0 Å². The summed E-state index contributed by atoms with van der Waals surface area (Å²) in [6.07, 6.45) is 0. The molecule has 1 aromatic heterocycles. The van der Waals surface area contributed by atoms with Gasteiger partial charge < -0.3 is 0 Å². The normalized spacial score (nSPS) is 10.8. The summed E-state index contributed by atoms with van der Waals surface area (Å²) in [7, 11) is 0. The Bertz CT molecular complexity index is 269. The van der Waals surface area contributed by atoms with E-state index in [4.69, 9.17) is 11.6 Å². The quantitative estimate of drug-likeness (QED) is 0.441. The van der Waals surface area contributed by atoms with Crippen LogP contribution in [0.2, 0.25) is 5.15 Å². The van der Waals surface area contributed by atoms with Gasteiger partial charge in [0.15, 0.2) is 5.16 Å². The Kier molecular flexibility index (Phi) is 4.00. The van der Waals surface area contributed by atoms with Gasteiger partial charge in [0.1, 0.15) is 5.15 Å². The van der Waals surface area contributed by atoms with Crippen molar-refractivity contribution in [2.45, 2.75) is 25.9 Å². The van der Waals surface area contributed by atoms with E-state index in [1.165, 1.54) is 0 Å². The highest BCUT2D eigenvalue weighted by atomic mass is 35.5. The Hall–Kier alpha value is -0.280. The van der Waals surface area contributed by atoms with E-state index in [1.807, 2.05) is 6.92 Å². The molecule has 1 aromatic rings. The van der Waals surface area contributed by atoms with Crippen molar-refractivity contribution in [1.29, 1.82) is 0 Å². The summed E-state index contributed by atoms with van der Waals surface area (Å²) < 4.78 is 0. The van der Waals surface area contributed by atoms with E-state index >= 15 is 0 Å². The molecule has 2 nitrogen and oxygen atoms in total. The van der Waals surface area contributed by atoms with Gasteiger partial charge in [-0.05, 0) is 18.9 Å². The van der Waals surface area contributed by atoms with Crippen LogP contribution in [0.1, 0.15) is 19.5 Å². The van der Waals surface area contributed by atoms with E-state index in [0.717, 1.165) is 16.6 Å². The zero-order valence-electron chi connectivity index (χ0n) is 8.04. The zero-order valence-corrected chi connectivity index (χ0v) is 9.61. The molecule has 0 radical (unpaired) electrons. The first-order valence-corrected chi connectivity index (χ1v) is 5.58. The summed E-state index contributed by atoms with van der Waals surface area (Å²) in [6.45, 7) is 6.27. The summed E-state index contributed by atoms with van der Waals surface area (Å²) in [5.41, 5.74) is 0.922. The number of hydrogen-bond donors (Lipinski definition) is 0. The molecular weight excluding hydrogens is 204 g/mol. The molecule has 1 heterocycles. The molecule has 0 aliphatic heterocycles. The smallest absolute Gasteiger partial charge is 0.189 e. The van der Waals surface area contributed by atoms with Crippen LogP contribution in [0.5, 0.6) is 0 Å². The second-order valence-corrected chi connectivity index (χ2v) is 4.69. The molecule has 0 fully saturated rings. The van der Waals surface area contributed by atoms with Crippen molar-refractivity contribution in [1.82, 2.24) is 9.97 Å². The number of nitrogens with zero attached hydrogens (tertiary/aromatic N) is 2. The topological polar surface area (TPSA) is 25.8 Å². The fraction of sp³-hybridized carbons (Fsp3) is 0.556. The number of hydrogen-bond acceptors (Lipinski definition) is 3. The molecule has 0 amide bonds. The highest BCUT2D eigenvalue weighted by Crippen LogP contribution is 2.18. The van der Waals surface area contributed by atoms with Gasteiger partial charge in [-0.3, -0.25) is 0 Å². The maximum absolute atomic E-state index is 5.80. The number of rotatable bonds is 3. The first-order valence-electron chi connectivity index (χ1n) is 4.22. The molecule has 0 aliphatic rings. The van der Waals surface area contributed by atoms with Gasteiger partial charge in [0, 0.05) is 11.4 Å². The van der Waals surface area contributed by atoms with Crippen LogP contribution >= 0.6 is 23.4 Å². The molecule has 1 rings (SSSR count). The number of halogens is 1. The third-order valence-corrected chi connectivity index (χ3v) is 2.82. The second-order valence-electron chi connectivity index (χ2n) is 3.32. The third-order valence-electron chi connectivity index (χ3n) is 1.35. The fourth-order valence-corrected chi connectivity index (χ4v) is 1.95. The summed E-state index contributed by atoms with van der Waals surface area (Å²) >= 11 is 7.45. The van der Waals surface area contributed by atoms with E-state index < -0.39 is 0 Å². The first-order chi connectivity index (χ1) is 6.08. The van der Waals surface area contributed by atoms with Gasteiger partial charge in [-0.1, -0.05) is 37.2 Å². The van der Waals surface area contributed by atoms with Crippen LogP contribution in [-0.4, -0.2) is 15.7 Å². The van der Waals surface area contributed by atoms with Gasteiger partial charge in [0.05, 0.1) is 0 Å². The first kappa shape index (κ1) is 10.8. The molecule has 13 heavy (non-hydrogen) atoms. The minimum atomic E-state index is 0.527. The number of thioether (sulfide) groups is 1. The molecule has 0 unspecified atom stereocenters. The van der Waals surface area contributed by atoms with Crippen molar-refractivity contribution in [2.75, 3.05) is 5.75 Å². The van der Waals surface area contributed by atoms with E-state index in [2.05, 4.69) is 23.8 Å². The summed E-state index contributed by atoms with van der Waals surface area (Å²) in [5.74, 6) is 1.67. The Balaban J connectivity index is 2.66. The molecule has 0 atom stereocenters. The van der Waals surface area contributed by atoms with Gasteiger partial charge in [-0.2, -0.15) is 0 Å². The van der Waals surface area contributed by atoms with Crippen LogP contribution in [0, 0.1) is 12.8 Å². The summed E-state index contributed by atoms with van der Waals surface area (Å²) in [4.78, 5) is 8.40. The lowest BCUT2D eigenvalue weighted by atomic mass is 10.3. The minimum Gasteiger partial charge on any atom is -0.228 e. The monoisotopic (exact) mass is 216 g/mol. The molecule has 0 aromatic carbocycles. The van der Waals surface area contributed by atoms with Gasteiger partial charge >= 0.3 is 0 Å². The molecule has 4 heteroatoms. The number of aryl methyl sites for hydroxylation is 1. The standard InChI is InChI=1S/C9H13ClN2S/c1-6(2)5-13-9-11-7(3)4-8(10)12-9/h4,6H,5H2,1-3H3. The van der Waals surface area contributed by atoms with Crippen molar-refractivity contribution < 1.29 is 0 Å². The molecule has 0 N–H and O–H groups in total. The predicted octanol–water partition coefficient (Wildman–Crippen LogP) is 3.19. The summed E-state index contributed by atoms with van der Waals surface area (Å²) in [5, 5.41) is 1.30. The molecule has 72 valence electrons. The van der Waals surface area contributed by atoms with Gasteiger partial charge in [0.2, 0.25) is 0 Å². The lowest BCUT2D eigenvalue weighted by Gasteiger charge is -2.03. The lowest BCUT2D eigenvalue weighted by molar-refractivity contribution is 0.747. The third kappa shape index (κ3) is 3.96. The molecule has 0 saturated heterocycles. The van der Waals surface area contributed by atoms with Crippen LogP contribution in [-0.2, 0) is 0 Å². The highest BCUT2D eigenvalue weighted by molar-refractivity contribution is 7.99. The second kappa shape index (κ2) is 4.82. The average Bonchev–Trinajstić information content (AvgIpc) is 1.99. The van der Waals surface area contributed by atoms with Gasteiger partial charge in [-0.15, -0.1) is 0 Å². The van der Waals surface area contributed by atoms with Gasteiger partial charge in [-0.25, -0.2) is 9.97 Å². The van der Waals surface area contributed by atoms with Crippen molar-refractivity contribution >= 4 is 23.4 Å². The van der Waals surface area contributed by atoms with Gasteiger partial charge in [0.25, 0.3) is 0 Å². The van der Waals surface area contributed by atoms with Crippen molar-refractivity contribution in [2.24, 2.45) is 5.92 Å². The van der Waals surface area contributed by atoms with Crippen LogP contribution in [0.3, 0.4) is 0 Å². The molecule has 0 aliphatic carbocycles. The zero-order chi connectivity index (χ0) is 9.84. The highest BCUT2D eigenvalue weighted by Gasteiger charge is 2.02. The Morgan fingerprint density at radius 3 is 2.69 bits per heavy atom. The SMILES string of the molecule is Cc1cc(Cl)nc(SCC(C)C)n1. The van der Waals surface area contributed by atoms with E-state index in [1.54, 1.807) is 17.8 Å². The van der Waals surface area contributed by atoms with E-state index in [0.29, 0.717) is 11.1 Å². The fourth-order valence-electron chi connectivity index (χ4n) is 0.810. The van der Waals surface area contributed by atoms with Crippen molar-refractivity contribution in [3.8, 4) is 0 Å². The minimum absolute atomic E-state index is 0.527. The maximum atomic E-state index is 5.80. The lowest BCUT2D eigenvalue weighted by Crippen LogP contribution is -1.95. The Morgan fingerprint density at radius 1 is 1.46 bits per heavy atom. The Morgan fingerprint density at radius 2 is 2.15 bits per heavy atom. The molecule has 0 spiro atoms. The average molecular weight is 217 g/mol. The molecular formula is C9H13ClN2S. The van der Waals surface area contributed by atoms with Crippen LogP contribution < -0.4 is 0 Å². The Labute approximate surface area is 88.1 Å². The largest absolute Gasteiger partial charge is 0.228 e. The van der Waals surface area contributed by atoms with E-state index in [9.17, 15) is 0 Å². The summed E-state index contributed by atoms with van der Waals surface area (Å²) in [6, 6.07) is 1.76. The van der Waals surface area contributed by atoms with Crippen LogP contribution in [0.15, 0.2) is 11.2 Å². The molecule has 0 saturated carbocycles. The van der Waals surface area contributed by atoms with Crippen molar-refractivity contribution in [3.05, 3.63) is 16.9 Å². The molecule has 0 bridgehead atoms. The van der Waals surface area contributed by atoms with Crippen molar-refractivity contribution in [3.63, 3.8) is 0 Å². The predicted molar refractivity (Wildman–Crippen MR) is 57.3 cm³/mol. The van der Waals surface area contributed by atoms with Crippen LogP contribution in [0.25, 0.3) is 0 Å².